The number of ketones is 2. The number of carbonyl (C=O) groups excluding carboxylic acids is 2. The molecule has 0 radical (unpaired) electrons. The van der Waals surface area contributed by atoms with Crippen molar-refractivity contribution in [2.75, 3.05) is 0 Å². The first kappa shape index (κ1) is 21.7. The summed E-state index contributed by atoms with van der Waals surface area (Å²) in [6.07, 6.45) is -1.57. The molecule has 172 valence electrons. The number of halogens is 2. The van der Waals surface area contributed by atoms with Crippen LogP contribution in [-0.2, 0) is 19.1 Å². The molecule has 4 fully saturated rings. The molecule has 4 aliphatic carbocycles. The van der Waals surface area contributed by atoms with Gasteiger partial charge in [0.1, 0.15) is 11.8 Å². The summed E-state index contributed by atoms with van der Waals surface area (Å²) < 4.78 is 45.0. The van der Waals surface area contributed by atoms with E-state index in [1.165, 1.54) is 13.0 Å². The number of Topliss-reactive ketones (excluding diaryl/α,β-unsaturated/α-hetero) is 1. The molecule has 5 nitrogen and oxygen atoms in total. The van der Waals surface area contributed by atoms with E-state index in [-0.39, 0.29) is 48.7 Å². The lowest BCUT2D eigenvalue weighted by atomic mass is 9.43. The molecule has 0 unspecified atom stereocenters. The predicted octanol–water partition coefficient (Wildman–Crippen LogP) is 3.62. The van der Waals surface area contributed by atoms with Gasteiger partial charge in [-0.3, -0.25) is 9.59 Å². The van der Waals surface area contributed by atoms with Gasteiger partial charge >= 0.3 is 0 Å². The zero-order valence-corrected chi connectivity index (χ0v) is 18.8. The summed E-state index contributed by atoms with van der Waals surface area (Å²) in [6, 6.07) is 0. The van der Waals surface area contributed by atoms with E-state index in [1.807, 2.05) is 6.92 Å². The van der Waals surface area contributed by atoms with Crippen LogP contribution in [0.15, 0.2) is 11.6 Å². The van der Waals surface area contributed by atoms with Gasteiger partial charge in [0.2, 0.25) is 0 Å². The zero-order valence-electron chi connectivity index (χ0n) is 18.8. The molecule has 1 saturated heterocycles. The van der Waals surface area contributed by atoms with Gasteiger partial charge in [0.15, 0.2) is 23.0 Å². The highest BCUT2D eigenvalue weighted by Crippen LogP contribution is 2.72. The maximum atomic E-state index is 17.2. The molecule has 1 heterocycles. The molecule has 0 aromatic rings. The van der Waals surface area contributed by atoms with Crippen molar-refractivity contribution in [1.29, 1.82) is 0 Å². The summed E-state index contributed by atoms with van der Waals surface area (Å²) in [4.78, 5) is 25.0. The Labute approximate surface area is 181 Å². The second kappa shape index (κ2) is 6.03. The summed E-state index contributed by atoms with van der Waals surface area (Å²) in [6.45, 7) is 8.49. The summed E-state index contributed by atoms with van der Waals surface area (Å²) in [5.41, 5.74) is -5.35. The molecule has 0 bridgehead atoms. The van der Waals surface area contributed by atoms with Crippen LogP contribution in [0.1, 0.15) is 66.7 Å². The second-order valence-corrected chi connectivity index (χ2v) is 11.4. The summed E-state index contributed by atoms with van der Waals surface area (Å²) in [7, 11) is 0. The predicted molar refractivity (Wildman–Crippen MR) is 108 cm³/mol. The van der Waals surface area contributed by atoms with Crippen molar-refractivity contribution in [1.82, 2.24) is 0 Å². The van der Waals surface area contributed by atoms with Crippen molar-refractivity contribution in [2.45, 2.75) is 102 Å². The number of alkyl halides is 2. The number of hydrogen-bond donors (Lipinski definition) is 1. The van der Waals surface area contributed by atoms with Gasteiger partial charge in [0, 0.05) is 23.2 Å². The number of carbonyl (C=O) groups is 2. The molecular formula is C24H32F2O5. The van der Waals surface area contributed by atoms with E-state index >= 15 is 8.78 Å². The molecule has 1 aliphatic heterocycles. The van der Waals surface area contributed by atoms with Crippen LogP contribution >= 0.6 is 0 Å². The number of hydrogen-bond acceptors (Lipinski definition) is 5. The van der Waals surface area contributed by atoms with Crippen LogP contribution in [0.4, 0.5) is 8.78 Å². The van der Waals surface area contributed by atoms with Crippen LogP contribution < -0.4 is 0 Å². The zero-order chi connectivity index (χ0) is 22.8. The highest BCUT2D eigenvalue weighted by molar-refractivity contribution is 5.92. The Bertz CT molecular complexity index is 900. The van der Waals surface area contributed by atoms with Gasteiger partial charge in [-0.05, 0) is 64.0 Å². The maximum absolute atomic E-state index is 17.2. The Morgan fingerprint density at radius 2 is 1.87 bits per heavy atom. The lowest BCUT2D eigenvalue weighted by Gasteiger charge is -2.64. The molecule has 5 aliphatic rings. The van der Waals surface area contributed by atoms with Crippen molar-refractivity contribution >= 4 is 11.6 Å². The number of allylic oxidation sites excluding steroid dienone is 1. The van der Waals surface area contributed by atoms with Crippen LogP contribution in [0.2, 0.25) is 0 Å². The van der Waals surface area contributed by atoms with Gasteiger partial charge in [-0.1, -0.05) is 13.8 Å². The monoisotopic (exact) mass is 438 g/mol. The highest BCUT2D eigenvalue weighted by Gasteiger charge is 2.80. The average molecular weight is 439 g/mol. The van der Waals surface area contributed by atoms with E-state index in [0.29, 0.717) is 6.42 Å². The molecule has 9 atom stereocenters. The van der Waals surface area contributed by atoms with Gasteiger partial charge in [-0.2, -0.15) is 0 Å². The Hall–Kier alpha value is -1.18. The summed E-state index contributed by atoms with van der Waals surface area (Å²) in [5, 5.41) is 11.4. The fraction of sp³-hybridized carbons (Fsp3) is 0.833. The minimum Gasteiger partial charge on any atom is -0.390 e. The first-order chi connectivity index (χ1) is 14.2. The number of rotatable bonds is 1. The second-order valence-electron chi connectivity index (χ2n) is 11.4. The smallest absolute Gasteiger partial charge is 0.164 e. The van der Waals surface area contributed by atoms with E-state index in [9.17, 15) is 14.7 Å². The fourth-order valence-corrected chi connectivity index (χ4v) is 8.30. The lowest BCUT2D eigenvalue weighted by molar-refractivity contribution is -0.253. The normalized spacial score (nSPS) is 55.0. The Kier molecular flexibility index (Phi) is 4.21. The molecule has 0 aromatic carbocycles. The van der Waals surface area contributed by atoms with Crippen LogP contribution in [0.25, 0.3) is 0 Å². The van der Waals surface area contributed by atoms with Crippen molar-refractivity contribution in [2.24, 2.45) is 22.7 Å². The Morgan fingerprint density at radius 3 is 2.52 bits per heavy atom. The van der Waals surface area contributed by atoms with Crippen molar-refractivity contribution in [3.05, 3.63) is 11.6 Å². The van der Waals surface area contributed by atoms with Crippen molar-refractivity contribution in [3.8, 4) is 0 Å². The largest absolute Gasteiger partial charge is 0.390 e. The third kappa shape index (κ3) is 2.31. The molecule has 31 heavy (non-hydrogen) atoms. The van der Waals surface area contributed by atoms with Gasteiger partial charge in [0.25, 0.3) is 0 Å². The SMILES string of the molecule is CC(=O)[C@@]12OC(C)(C)O[C@@H]1C[C@H]1[C@@H]3C[C@H](F)C4=CC(=O)CC[C@]4(C)[C@@]3(F)[C@@H](O)C[C@@]12C. The van der Waals surface area contributed by atoms with E-state index in [2.05, 4.69) is 0 Å². The highest BCUT2D eigenvalue weighted by atomic mass is 19.1. The number of fused-ring (bicyclic) bond motifs is 7. The quantitative estimate of drug-likeness (QED) is 0.677. The molecule has 0 aromatic heterocycles. The van der Waals surface area contributed by atoms with Crippen LogP contribution in [-0.4, -0.2) is 52.1 Å². The van der Waals surface area contributed by atoms with Crippen molar-refractivity contribution in [3.63, 3.8) is 0 Å². The van der Waals surface area contributed by atoms with Gasteiger partial charge < -0.3 is 14.6 Å². The topological polar surface area (TPSA) is 72.8 Å². The van der Waals surface area contributed by atoms with Gasteiger partial charge in [0.05, 0.1) is 12.2 Å². The average Bonchev–Trinajstić information content (AvgIpc) is 3.06. The number of aliphatic hydroxyl groups excluding tert-OH is 1. The molecule has 0 spiro atoms. The number of ether oxygens (including phenoxy) is 2. The molecule has 7 heteroatoms. The van der Waals surface area contributed by atoms with E-state index in [4.69, 9.17) is 9.47 Å². The lowest BCUT2D eigenvalue weighted by Crippen LogP contribution is -2.71. The minimum absolute atomic E-state index is 0.0218. The van der Waals surface area contributed by atoms with E-state index in [1.54, 1.807) is 20.8 Å². The molecular weight excluding hydrogens is 406 g/mol. The molecule has 5 rings (SSSR count). The minimum atomic E-state index is -2.08. The van der Waals surface area contributed by atoms with Crippen molar-refractivity contribution < 1.29 is 33.0 Å². The molecule has 3 saturated carbocycles. The third-order valence-corrected chi connectivity index (χ3v) is 9.54. The van der Waals surface area contributed by atoms with Crippen LogP contribution in [0, 0.1) is 22.7 Å². The Balaban J connectivity index is 1.65. The van der Waals surface area contributed by atoms with E-state index < -0.39 is 52.2 Å². The van der Waals surface area contributed by atoms with E-state index in [0.717, 1.165) is 0 Å². The van der Waals surface area contributed by atoms with Crippen LogP contribution in [0.5, 0.6) is 0 Å². The maximum Gasteiger partial charge on any atom is 0.164 e. The third-order valence-electron chi connectivity index (χ3n) is 9.54. The van der Waals surface area contributed by atoms with Crippen LogP contribution in [0.3, 0.4) is 0 Å². The first-order valence-electron chi connectivity index (χ1n) is 11.4. The van der Waals surface area contributed by atoms with Gasteiger partial charge in [-0.25, -0.2) is 8.78 Å². The Morgan fingerprint density at radius 1 is 1.19 bits per heavy atom. The molecule has 0 amide bonds. The number of aliphatic hydroxyl groups is 1. The standard InChI is InChI=1S/C24H32F2O5/c1-12(27)24-19(30-20(2,3)31-24)10-14-15-9-17(25)16-8-13(28)6-7-21(16,4)23(15,26)18(29)11-22(14,24)5/h8,14-15,17-19,29H,6-7,9-11H2,1-5H3/t14-,15-,17-,18-,19+,21-,22-,23-,24+/m0/s1. The summed E-state index contributed by atoms with van der Waals surface area (Å²) in [5.74, 6) is -2.55. The molecule has 1 N–H and O–H groups in total. The first-order valence-corrected chi connectivity index (χ1v) is 11.4. The van der Waals surface area contributed by atoms with Gasteiger partial charge in [-0.15, -0.1) is 0 Å². The fourth-order valence-electron chi connectivity index (χ4n) is 8.30. The summed E-state index contributed by atoms with van der Waals surface area (Å²) >= 11 is 0.